The highest BCUT2D eigenvalue weighted by molar-refractivity contribution is 7.03. The van der Waals surface area contributed by atoms with Crippen LogP contribution in [-0.4, -0.2) is 31.8 Å². The highest BCUT2D eigenvalue weighted by Gasteiger charge is 2.36. The van der Waals surface area contributed by atoms with Gasteiger partial charge in [-0.25, -0.2) is 4.39 Å². The van der Waals surface area contributed by atoms with Gasteiger partial charge in [-0.05, 0) is 43.9 Å². The van der Waals surface area contributed by atoms with Gasteiger partial charge in [-0.15, -0.1) is 5.10 Å². The van der Waals surface area contributed by atoms with Crippen molar-refractivity contribution in [3.05, 3.63) is 82.6 Å². The highest BCUT2D eigenvalue weighted by atomic mass is 32.1. The summed E-state index contributed by atoms with van der Waals surface area (Å²) in [6, 6.07) is 14.1. The van der Waals surface area contributed by atoms with Crippen molar-refractivity contribution in [3.63, 3.8) is 0 Å². The molecule has 2 amide bonds. The molecule has 3 aromatic rings. The molecule has 0 saturated heterocycles. The number of rotatable bonds is 6. The molecule has 1 unspecified atom stereocenters. The number of nitrogens with one attached hydrogen (secondary N) is 1. The highest BCUT2D eigenvalue weighted by Crippen LogP contribution is 2.28. The second-order valence-electron chi connectivity index (χ2n) is 7.87. The van der Waals surface area contributed by atoms with Crippen molar-refractivity contribution in [2.45, 2.75) is 38.9 Å². The van der Waals surface area contributed by atoms with Gasteiger partial charge in [-0.1, -0.05) is 53.0 Å². The zero-order chi connectivity index (χ0) is 21.7. The summed E-state index contributed by atoms with van der Waals surface area (Å²) in [5, 5.41) is 8.26. The molecule has 30 heavy (non-hydrogen) atoms. The summed E-state index contributed by atoms with van der Waals surface area (Å²) in [5.74, 6) is -1.53. The molecule has 0 aliphatic rings. The summed E-state index contributed by atoms with van der Waals surface area (Å²) < 4.78 is 18.6. The van der Waals surface area contributed by atoms with Crippen molar-refractivity contribution >= 4 is 23.3 Å². The van der Waals surface area contributed by atoms with E-state index in [1.807, 2.05) is 51.1 Å². The molecule has 0 spiro atoms. The Morgan fingerprint density at radius 1 is 1.10 bits per heavy atom. The van der Waals surface area contributed by atoms with E-state index < -0.39 is 29.2 Å². The van der Waals surface area contributed by atoms with Crippen LogP contribution in [0.1, 0.15) is 48.4 Å². The number of carbonyl (C=O) groups is 2. The molecule has 1 N–H and O–H groups in total. The van der Waals surface area contributed by atoms with E-state index in [4.69, 9.17) is 0 Å². The average molecular weight is 427 g/mol. The molecule has 8 heteroatoms. The van der Waals surface area contributed by atoms with Crippen LogP contribution < -0.4 is 5.32 Å². The van der Waals surface area contributed by atoms with Crippen LogP contribution in [0.5, 0.6) is 0 Å². The number of nitrogens with zero attached hydrogens (tertiary/aromatic N) is 3. The fourth-order valence-electron chi connectivity index (χ4n) is 3.05. The molecule has 2 aromatic carbocycles. The lowest BCUT2D eigenvalue weighted by molar-refractivity contribution is -0.127. The van der Waals surface area contributed by atoms with Gasteiger partial charge in [0.1, 0.15) is 11.9 Å². The largest absolute Gasteiger partial charge is 0.349 e. The summed E-state index contributed by atoms with van der Waals surface area (Å²) in [4.78, 5) is 28.0. The van der Waals surface area contributed by atoms with Gasteiger partial charge < -0.3 is 10.2 Å². The molecule has 156 valence electrons. The first kappa shape index (κ1) is 21.6. The minimum Gasteiger partial charge on any atom is -0.349 e. The molecule has 1 aromatic heterocycles. The Morgan fingerprint density at radius 2 is 1.77 bits per heavy atom. The maximum absolute atomic E-state index is 14.8. The molecule has 1 atom stereocenters. The summed E-state index contributed by atoms with van der Waals surface area (Å²) in [6.45, 7) is 5.60. The van der Waals surface area contributed by atoms with Crippen LogP contribution in [0.15, 0.2) is 60.0 Å². The number of hydrogen-bond donors (Lipinski definition) is 1. The predicted octanol–water partition coefficient (Wildman–Crippen LogP) is 3.98. The predicted molar refractivity (Wildman–Crippen MR) is 113 cm³/mol. The topological polar surface area (TPSA) is 75.2 Å². The van der Waals surface area contributed by atoms with E-state index in [1.54, 1.807) is 12.1 Å². The molecule has 0 fully saturated rings. The lowest BCUT2D eigenvalue weighted by Crippen LogP contribution is -2.49. The number of benzene rings is 2. The van der Waals surface area contributed by atoms with Crippen molar-refractivity contribution in [1.82, 2.24) is 19.8 Å². The third-order valence-electron chi connectivity index (χ3n) is 4.29. The van der Waals surface area contributed by atoms with E-state index in [0.29, 0.717) is 0 Å². The van der Waals surface area contributed by atoms with E-state index >= 15 is 0 Å². The second-order valence-corrected chi connectivity index (χ2v) is 8.48. The quantitative estimate of drug-likeness (QED) is 0.647. The lowest BCUT2D eigenvalue weighted by Gasteiger charge is -2.33. The number of carbonyl (C=O) groups excluding carboxylic acids is 2. The standard InChI is InChI=1S/C22H23FN4O2S/c1-22(2,3)24-20(28)19(16-11-7-8-12-17(16)23)27(13-15-9-5-4-6-10-15)21(29)18-14-30-26-25-18/h4-12,14,19H,13H2,1-3H3,(H,24,28). The van der Waals surface area contributed by atoms with Crippen LogP contribution in [0.25, 0.3) is 0 Å². The fourth-order valence-corrected chi connectivity index (χ4v) is 3.48. The zero-order valence-corrected chi connectivity index (χ0v) is 17.8. The summed E-state index contributed by atoms with van der Waals surface area (Å²) in [6.07, 6.45) is 0. The molecule has 0 radical (unpaired) electrons. The van der Waals surface area contributed by atoms with Gasteiger partial charge in [-0.2, -0.15) is 0 Å². The Morgan fingerprint density at radius 3 is 2.37 bits per heavy atom. The molecule has 0 aliphatic heterocycles. The third-order valence-corrected chi connectivity index (χ3v) is 4.80. The Balaban J connectivity index is 2.10. The van der Waals surface area contributed by atoms with Gasteiger partial charge in [0, 0.05) is 23.0 Å². The molecular weight excluding hydrogens is 403 g/mol. The number of hydrogen-bond acceptors (Lipinski definition) is 5. The van der Waals surface area contributed by atoms with Gasteiger partial charge in [0.2, 0.25) is 5.91 Å². The van der Waals surface area contributed by atoms with Crippen molar-refractivity contribution in [1.29, 1.82) is 0 Å². The summed E-state index contributed by atoms with van der Waals surface area (Å²) in [5.41, 5.74) is 0.469. The third kappa shape index (κ3) is 5.27. The smallest absolute Gasteiger partial charge is 0.276 e. The van der Waals surface area contributed by atoms with E-state index in [9.17, 15) is 14.0 Å². The Hall–Kier alpha value is -3.13. The number of aromatic nitrogens is 2. The van der Waals surface area contributed by atoms with Gasteiger partial charge in [0.25, 0.3) is 5.91 Å². The molecule has 0 aliphatic carbocycles. The molecule has 6 nitrogen and oxygen atoms in total. The second kappa shape index (κ2) is 9.13. The average Bonchev–Trinajstić information content (AvgIpc) is 3.22. The number of halogens is 1. The first-order valence-electron chi connectivity index (χ1n) is 9.44. The van der Waals surface area contributed by atoms with Gasteiger partial charge in [0.15, 0.2) is 5.69 Å². The minimum absolute atomic E-state index is 0.105. The van der Waals surface area contributed by atoms with Crippen molar-refractivity contribution in [2.75, 3.05) is 0 Å². The van der Waals surface area contributed by atoms with E-state index in [0.717, 1.165) is 17.1 Å². The molecule has 0 bridgehead atoms. The van der Waals surface area contributed by atoms with Gasteiger partial charge in [0.05, 0.1) is 0 Å². The van der Waals surface area contributed by atoms with Crippen LogP contribution >= 0.6 is 11.5 Å². The minimum atomic E-state index is -1.18. The van der Waals surface area contributed by atoms with Crippen LogP contribution in [-0.2, 0) is 11.3 Å². The summed E-state index contributed by atoms with van der Waals surface area (Å²) >= 11 is 1.04. The molecule has 0 saturated carbocycles. The van der Waals surface area contributed by atoms with Crippen LogP contribution in [0.2, 0.25) is 0 Å². The van der Waals surface area contributed by atoms with Gasteiger partial charge in [-0.3, -0.25) is 9.59 Å². The molecule has 3 rings (SSSR count). The molecule has 1 heterocycles. The maximum atomic E-state index is 14.8. The number of amides is 2. The van der Waals surface area contributed by atoms with E-state index in [1.165, 1.54) is 22.4 Å². The Labute approximate surface area is 178 Å². The first-order chi connectivity index (χ1) is 14.3. The SMILES string of the molecule is CC(C)(C)NC(=O)C(c1ccccc1F)N(Cc1ccccc1)C(=O)c1csnn1. The Bertz CT molecular complexity index is 1000. The monoisotopic (exact) mass is 426 g/mol. The van der Waals surface area contributed by atoms with Crippen LogP contribution in [0.3, 0.4) is 0 Å². The fraction of sp³-hybridized carbons (Fsp3) is 0.273. The van der Waals surface area contributed by atoms with Crippen molar-refractivity contribution in [3.8, 4) is 0 Å². The van der Waals surface area contributed by atoms with Crippen molar-refractivity contribution in [2.24, 2.45) is 0 Å². The van der Waals surface area contributed by atoms with E-state index in [-0.39, 0.29) is 17.8 Å². The maximum Gasteiger partial charge on any atom is 0.276 e. The zero-order valence-electron chi connectivity index (χ0n) is 17.0. The van der Waals surface area contributed by atoms with Crippen molar-refractivity contribution < 1.29 is 14.0 Å². The first-order valence-corrected chi connectivity index (χ1v) is 10.3. The van der Waals surface area contributed by atoms with Gasteiger partial charge >= 0.3 is 0 Å². The lowest BCUT2D eigenvalue weighted by atomic mass is 10.00. The normalized spacial score (nSPS) is 12.3. The van der Waals surface area contributed by atoms with E-state index in [2.05, 4.69) is 14.9 Å². The van der Waals surface area contributed by atoms with Crippen LogP contribution in [0, 0.1) is 5.82 Å². The van der Waals surface area contributed by atoms with Crippen LogP contribution in [0.4, 0.5) is 4.39 Å². The summed E-state index contributed by atoms with van der Waals surface area (Å²) in [7, 11) is 0. The molecular formula is C22H23FN4O2S. The Kier molecular flexibility index (Phi) is 6.56.